The number of halogens is 3. The highest BCUT2D eigenvalue weighted by atomic mass is 35.5. The lowest BCUT2D eigenvalue weighted by atomic mass is 10.3. The van der Waals surface area contributed by atoms with Crippen molar-refractivity contribution in [2.75, 3.05) is 38.0 Å². The predicted octanol–water partition coefficient (Wildman–Crippen LogP) is 2.95. The minimum atomic E-state index is -4.26. The van der Waals surface area contributed by atoms with Gasteiger partial charge in [-0.05, 0) is 24.3 Å². The Balaban J connectivity index is 1.53. The molecule has 6 nitrogen and oxygen atoms in total. The smallest absolute Gasteiger partial charge is 0.249 e. The van der Waals surface area contributed by atoms with Crippen LogP contribution in [0.1, 0.15) is 6.42 Å². The zero-order valence-corrected chi connectivity index (χ0v) is 17.0. The molecule has 1 fully saturated rings. The first-order valence-corrected chi connectivity index (χ1v) is 10.8. The molecule has 0 aromatic heterocycles. The minimum Gasteiger partial charge on any atom is -0.325 e. The number of hydrogen-bond acceptors (Lipinski definition) is 4. The first-order valence-electron chi connectivity index (χ1n) is 9.00. The van der Waals surface area contributed by atoms with Crippen molar-refractivity contribution in [3.8, 4) is 0 Å². The first kappa shape index (κ1) is 21.6. The number of rotatable bonds is 6. The Morgan fingerprint density at radius 2 is 1.62 bits per heavy atom. The van der Waals surface area contributed by atoms with E-state index in [4.69, 9.17) is 11.6 Å². The summed E-state index contributed by atoms with van der Waals surface area (Å²) in [4.78, 5) is 13.1. The monoisotopic (exact) mass is 443 g/mol. The van der Waals surface area contributed by atoms with Gasteiger partial charge >= 0.3 is 0 Å². The number of sulfonamides is 1. The van der Waals surface area contributed by atoms with E-state index in [0.717, 1.165) is 22.5 Å². The van der Waals surface area contributed by atoms with E-state index in [9.17, 15) is 22.0 Å². The highest BCUT2D eigenvalue weighted by molar-refractivity contribution is 7.89. The van der Waals surface area contributed by atoms with E-state index in [1.807, 2.05) is 4.90 Å². The molecule has 1 saturated heterocycles. The normalized spacial score (nSPS) is 16.0. The molecule has 29 heavy (non-hydrogen) atoms. The number of benzene rings is 2. The van der Waals surface area contributed by atoms with E-state index in [1.165, 1.54) is 0 Å². The van der Waals surface area contributed by atoms with E-state index in [0.29, 0.717) is 30.3 Å². The van der Waals surface area contributed by atoms with Gasteiger partial charge in [-0.2, -0.15) is 4.31 Å². The number of amides is 1. The highest BCUT2D eigenvalue weighted by Gasteiger charge is 2.33. The molecule has 0 atom stereocenters. The van der Waals surface area contributed by atoms with Gasteiger partial charge in [-0.3, -0.25) is 4.79 Å². The Morgan fingerprint density at radius 3 is 2.24 bits per heavy atom. The van der Waals surface area contributed by atoms with Crippen molar-refractivity contribution in [2.24, 2.45) is 0 Å². The van der Waals surface area contributed by atoms with Crippen molar-refractivity contribution in [1.82, 2.24) is 9.21 Å². The lowest BCUT2D eigenvalue weighted by molar-refractivity contribution is -0.116. The van der Waals surface area contributed by atoms with Crippen molar-refractivity contribution < 1.29 is 22.0 Å². The van der Waals surface area contributed by atoms with Gasteiger partial charge in [-0.15, -0.1) is 0 Å². The maximum Gasteiger partial charge on any atom is 0.249 e. The number of para-hydroxylation sites is 1. The van der Waals surface area contributed by atoms with Crippen LogP contribution in [0, 0.1) is 11.6 Å². The summed E-state index contributed by atoms with van der Waals surface area (Å²) < 4.78 is 54.0. The number of nitrogens with zero attached hydrogens (tertiary/aromatic N) is 2. The molecule has 156 valence electrons. The third kappa shape index (κ3) is 5.11. The molecule has 1 amide bonds. The molecular weight excluding hydrogens is 424 g/mol. The van der Waals surface area contributed by atoms with E-state index < -0.39 is 26.6 Å². The van der Waals surface area contributed by atoms with Crippen LogP contribution in [0.4, 0.5) is 14.5 Å². The van der Waals surface area contributed by atoms with Crippen LogP contribution in [0.3, 0.4) is 0 Å². The number of piperazine rings is 1. The number of anilines is 1. The summed E-state index contributed by atoms with van der Waals surface area (Å²) in [5, 5.41) is 3.17. The Morgan fingerprint density at radius 1 is 1.00 bits per heavy atom. The summed E-state index contributed by atoms with van der Waals surface area (Å²) in [7, 11) is -4.26. The van der Waals surface area contributed by atoms with Gasteiger partial charge in [0.2, 0.25) is 15.9 Å². The number of nitrogens with one attached hydrogen (secondary N) is 1. The molecule has 1 aliphatic rings. The third-order valence-electron chi connectivity index (χ3n) is 4.65. The molecule has 1 N–H and O–H groups in total. The van der Waals surface area contributed by atoms with E-state index in [1.54, 1.807) is 24.3 Å². The van der Waals surface area contributed by atoms with E-state index >= 15 is 0 Å². The van der Waals surface area contributed by atoms with Crippen LogP contribution >= 0.6 is 11.6 Å². The number of carbonyl (C=O) groups is 1. The Hall–Kier alpha value is -2.07. The SMILES string of the molecule is O=C(CCN1CCN(S(=O)(=O)c2c(F)cccc2F)CC1)Nc1ccccc1Cl. The average Bonchev–Trinajstić information content (AvgIpc) is 2.68. The van der Waals surface area contributed by atoms with Crippen LogP contribution < -0.4 is 5.32 Å². The molecule has 0 saturated carbocycles. The molecule has 1 heterocycles. The fraction of sp³-hybridized carbons (Fsp3) is 0.316. The second kappa shape index (κ2) is 9.17. The van der Waals surface area contributed by atoms with Crippen molar-refractivity contribution in [2.45, 2.75) is 11.3 Å². The summed E-state index contributed by atoms with van der Waals surface area (Å²) in [6.07, 6.45) is 0.208. The number of carbonyl (C=O) groups excluding carboxylic acids is 1. The molecule has 2 aromatic rings. The molecule has 2 aromatic carbocycles. The summed E-state index contributed by atoms with van der Waals surface area (Å²) in [6.45, 7) is 1.31. The maximum atomic E-state index is 13.9. The van der Waals surface area contributed by atoms with Crippen molar-refractivity contribution in [3.63, 3.8) is 0 Å². The fourth-order valence-corrected chi connectivity index (χ4v) is 4.80. The molecule has 0 bridgehead atoms. The summed E-state index contributed by atoms with van der Waals surface area (Å²) in [5.41, 5.74) is 0.530. The van der Waals surface area contributed by atoms with Gasteiger partial charge in [0.25, 0.3) is 0 Å². The highest BCUT2D eigenvalue weighted by Crippen LogP contribution is 2.24. The van der Waals surface area contributed by atoms with Gasteiger partial charge in [0.05, 0.1) is 10.7 Å². The van der Waals surface area contributed by atoms with Crippen molar-refractivity contribution >= 4 is 33.2 Å². The Bertz CT molecular complexity index is 976. The zero-order chi connectivity index (χ0) is 21.0. The lowest BCUT2D eigenvalue weighted by Gasteiger charge is -2.33. The van der Waals surface area contributed by atoms with Crippen LogP contribution in [0.2, 0.25) is 5.02 Å². The number of hydrogen-bond donors (Lipinski definition) is 1. The van der Waals surface area contributed by atoms with Crippen LogP contribution in [-0.4, -0.2) is 56.3 Å². The lowest BCUT2D eigenvalue weighted by Crippen LogP contribution is -2.49. The van der Waals surface area contributed by atoms with Gasteiger partial charge in [-0.25, -0.2) is 17.2 Å². The standard InChI is InChI=1S/C19H20ClF2N3O3S/c20-14-4-1-2-7-17(14)23-18(26)8-9-24-10-12-25(13-11-24)29(27,28)19-15(21)5-3-6-16(19)22/h1-7H,8-13H2,(H,23,26). The first-order chi connectivity index (χ1) is 13.8. The average molecular weight is 444 g/mol. The topological polar surface area (TPSA) is 69.7 Å². The molecule has 10 heteroatoms. The molecular formula is C19H20ClF2N3O3S. The van der Waals surface area contributed by atoms with Crippen LogP contribution in [0.5, 0.6) is 0 Å². The van der Waals surface area contributed by atoms with Gasteiger partial charge in [0.15, 0.2) is 4.90 Å². The Labute approximate surface area is 173 Å². The van der Waals surface area contributed by atoms with Crippen LogP contribution in [-0.2, 0) is 14.8 Å². The fourth-order valence-electron chi connectivity index (χ4n) is 3.09. The summed E-state index contributed by atoms with van der Waals surface area (Å²) in [6, 6.07) is 9.86. The molecule has 0 spiro atoms. The van der Waals surface area contributed by atoms with Crippen molar-refractivity contribution in [1.29, 1.82) is 0 Å². The Kier molecular flexibility index (Phi) is 6.84. The minimum absolute atomic E-state index is 0.0856. The second-order valence-corrected chi connectivity index (χ2v) is 8.86. The van der Waals surface area contributed by atoms with Crippen LogP contribution in [0.15, 0.2) is 47.4 Å². The zero-order valence-electron chi connectivity index (χ0n) is 15.4. The molecule has 0 unspecified atom stereocenters. The van der Waals surface area contributed by atoms with Gasteiger partial charge < -0.3 is 10.2 Å². The second-order valence-electron chi connectivity index (χ2n) is 6.57. The van der Waals surface area contributed by atoms with Crippen molar-refractivity contribution in [3.05, 3.63) is 59.1 Å². The van der Waals surface area contributed by atoms with Gasteiger partial charge in [0.1, 0.15) is 11.6 Å². The van der Waals surface area contributed by atoms with E-state index in [-0.39, 0.29) is 25.4 Å². The van der Waals surface area contributed by atoms with Gasteiger partial charge in [-0.1, -0.05) is 29.8 Å². The maximum absolute atomic E-state index is 13.9. The van der Waals surface area contributed by atoms with E-state index in [2.05, 4.69) is 5.32 Å². The summed E-state index contributed by atoms with van der Waals surface area (Å²) in [5.74, 6) is -2.42. The molecule has 0 aliphatic carbocycles. The largest absolute Gasteiger partial charge is 0.325 e. The molecule has 0 radical (unpaired) electrons. The van der Waals surface area contributed by atoms with Crippen LogP contribution in [0.25, 0.3) is 0 Å². The predicted molar refractivity (Wildman–Crippen MR) is 106 cm³/mol. The quantitative estimate of drug-likeness (QED) is 0.745. The van der Waals surface area contributed by atoms with Gasteiger partial charge in [0, 0.05) is 39.1 Å². The molecule has 3 rings (SSSR count). The third-order valence-corrected chi connectivity index (χ3v) is 6.93. The summed E-state index contributed by atoms with van der Waals surface area (Å²) >= 11 is 6.01. The molecule has 1 aliphatic heterocycles.